The van der Waals surface area contributed by atoms with Gasteiger partial charge in [0.1, 0.15) is 11.4 Å². The minimum Gasteiger partial charge on any atom is -0.507 e. The molecular formula is C25H19ClN2O2. The fourth-order valence-corrected chi connectivity index (χ4v) is 4.61. The average molecular weight is 415 g/mol. The van der Waals surface area contributed by atoms with E-state index < -0.39 is 0 Å². The molecule has 0 radical (unpaired) electrons. The van der Waals surface area contributed by atoms with Crippen molar-refractivity contribution < 1.29 is 9.90 Å². The van der Waals surface area contributed by atoms with Gasteiger partial charge in [-0.2, -0.15) is 0 Å². The van der Waals surface area contributed by atoms with Gasteiger partial charge in [0.2, 0.25) is 0 Å². The largest absolute Gasteiger partial charge is 0.507 e. The number of nitrogens with zero attached hydrogens (tertiary/aromatic N) is 1. The number of carbonyl (C=O) groups excluding carboxylic acids is 1. The van der Waals surface area contributed by atoms with Crippen molar-refractivity contribution >= 4 is 44.9 Å². The number of phenols is 1. The molecule has 30 heavy (non-hydrogen) atoms. The number of benzene rings is 3. The van der Waals surface area contributed by atoms with E-state index in [-0.39, 0.29) is 17.6 Å². The van der Waals surface area contributed by atoms with Gasteiger partial charge in [0.05, 0.1) is 5.69 Å². The quantitative estimate of drug-likeness (QED) is 0.341. The van der Waals surface area contributed by atoms with Gasteiger partial charge in [0.15, 0.2) is 0 Å². The summed E-state index contributed by atoms with van der Waals surface area (Å²) in [6.07, 6.45) is 0. The lowest BCUT2D eigenvalue weighted by molar-refractivity contribution is 0.0984. The van der Waals surface area contributed by atoms with E-state index in [9.17, 15) is 9.90 Å². The number of halogens is 1. The number of rotatable bonds is 2. The van der Waals surface area contributed by atoms with Crippen LogP contribution in [-0.4, -0.2) is 28.4 Å². The number of fused-ring (bicyclic) bond motifs is 4. The summed E-state index contributed by atoms with van der Waals surface area (Å²) in [5, 5.41) is 13.2. The number of aromatic amines is 1. The molecule has 1 aliphatic rings. The lowest BCUT2D eigenvalue weighted by Crippen LogP contribution is -2.30. The summed E-state index contributed by atoms with van der Waals surface area (Å²) in [4.78, 5) is 18.4. The molecule has 0 saturated carbocycles. The highest BCUT2D eigenvalue weighted by Gasteiger charge is 2.35. The molecule has 3 aromatic carbocycles. The summed E-state index contributed by atoms with van der Waals surface area (Å²) in [5.74, 6) is 6.36. The van der Waals surface area contributed by atoms with Gasteiger partial charge in [-0.3, -0.25) is 4.79 Å². The second-order valence-corrected chi connectivity index (χ2v) is 7.81. The number of aromatic hydroxyl groups is 1. The molecule has 5 heteroatoms. The molecule has 1 atom stereocenters. The van der Waals surface area contributed by atoms with E-state index in [4.69, 9.17) is 11.6 Å². The molecule has 1 aliphatic heterocycles. The third-order valence-corrected chi connectivity index (χ3v) is 6.07. The molecule has 0 saturated heterocycles. The number of hydrogen-bond acceptors (Lipinski definition) is 2. The van der Waals surface area contributed by atoms with Crippen LogP contribution in [0.2, 0.25) is 0 Å². The first-order valence-corrected chi connectivity index (χ1v) is 10.3. The molecule has 0 aliphatic carbocycles. The monoisotopic (exact) mass is 414 g/mol. The first-order chi connectivity index (χ1) is 14.6. The van der Waals surface area contributed by atoms with Crippen molar-refractivity contribution in [2.45, 2.75) is 12.8 Å². The SMILES string of the molecule is CC#Cc1ccc2[nH]c(C(=O)N3CC(CCl)c4c3cc(O)c3ccccc43)cc2c1. The Balaban J connectivity index is 1.61. The predicted octanol–water partition coefficient (Wildman–Crippen LogP) is 5.38. The molecule has 1 amide bonds. The summed E-state index contributed by atoms with van der Waals surface area (Å²) in [5.41, 5.74) is 4.03. The van der Waals surface area contributed by atoms with Crippen molar-refractivity contribution in [1.82, 2.24) is 4.98 Å². The Hall–Kier alpha value is -3.42. The van der Waals surface area contributed by atoms with E-state index >= 15 is 0 Å². The Morgan fingerprint density at radius 3 is 2.77 bits per heavy atom. The van der Waals surface area contributed by atoms with Crippen LogP contribution in [0.15, 0.2) is 54.6 Å². The number of amides is 1. The first-order valence-electron chi connectivity index (χ1n) is 9.78. The number of H-pyrrole nitrogens is 1. The number of alkyl halides is 1. The molecule has 1 unspecified atom stereocenters. The van der Waals surface area contributed by atoms with Gasteiger partial charge in [0, 0.05) is 46.3 Å². The Bertz CT molecular complexity index is 1380. The van der Waals surface area contributed by atoms with Crippen LogP contribution in [0.3, 0.4) is 0 Å². The topological polar surface area (TPSA) is 56.3 Å². The molecule has 148 valence electrons. The number of phenolic OH excluding ortho intramolecular Hbond substituents is 1. The highest BCUT2D eigenvalue weighted by molar-refractivity contribution is 6.19. The lowest BCUT2D eigenvalue weighted by Gasteiger charge is -2.17. The van der Waals surface area contributed by atoms with Crippen LogP contribution < -0.4 is 4.90 Å². The smallest absolute Gasteiger partial charge is 0.274 e. The summed E-state index contributed by atoms with van der Waals surface area (Å²) in [6.45, 7) is 2.28. The van der Waals surface area contributed by atoms with Crippen molar-refractivity contribution in [3.8, 4) is 17.6 Å². The van der Waals surface area contributed by atoms with E-state index in [0.717, 1.165) is 38.5 Å². The molecule has 4 aromatic rings. The van der Waals surface area contributed by atoms with Gasteiger partial charge in [-0.05, 0) is 42.1 Å². The van der Waals surface area contributed by atoms with E-state index in [2.05, 4.69) is 16.8 Å². The minimum absolute atomic E-state index is 0.00641. The van der Waals surface area contributed by atoms with Crippen molar-refractivity contribution in [3.63, 3.8) is 0 Å². The maximum Gasteiger partial charge on any atom is 0.274 e. The number of aromatic nitrogens is 1. The fraction of sp³-hybridized carbons (Fsp3) is 0.160. The zero-order valence-electron chi connectivity index (χ0n) is 16.4. The van der Waals surface area contributed by atoms with Crippen LogP contribution >= 0.6 is 11.6 Å². The maximum atomic E-state index is 13.4. The van der Waals surface area contributed by atoms with Gasteiger partial charge in [-0.1, -0.05) is 30.2 Å². The number of hydrogen-bond donors (Lipinski definition) is 2. The standard InChI is InChI=1S/C25H19ClN2O2/c1-2-5-15-8-9-20-16(10-15)11-21(27-20)25(30)28-14-17(13-26)24-19-7-4-3-6-18(19)23(29)12-22(24)28/h3-4,6-12,17,27,29H,13-14H2,1H3. The second-order valence-electron chi connectivity index (χ2n) is 7.50. The van der Waals surface area contributed by atoms with Gasteiger partial charge in [-0.25, -0.2) is 0 Å². The van der Waals surface area contributed by atoms with E-state index in [1.165, 1.54) is 0 Å². The Labute approximate surface area is 179 Å². The molecule has 4 nitrogen and oxygen atoms in total. The maximum absolute atomic E-state index is 13.4. The third-order valence-electron chi connectivity index (χ3n) is 5.70. The van der Waals surface area contributed by atoms with Gasteiger partial charge >= 0.3 is 0 Å². The van der Waals surface area contributed by atoms with E-state index in [0.29, 0.717) is 18.1 Å². The van der Waals surface area contributed by atoms with E-state index in [1.807, 2.05) is 48.5 Å². The van der Waals surface area contributed by atoms with Crippen LogP contribution in [-0.2, 0) is 0 Å². The van der Waals surface area contributed by atoms with Crippen LogP contribution in [0.25, 0.3) is 21.7 Å². The number of anilines is 1. The normalized spacial score (nSPS) is 15.3. The summed E-state index contributed by atoms with van der Waals surface area (Å²) < 4.78 is 0. The number of carbonyl (C=O) groups is 1. The summed E-state index contributed by atoms with van der Waals surface area (Å²) in [7, 11) is 0. The summed E-state index contributed by atoms with van der Waals surface area (Å²) in [6, 6.07) is 17.1. The molecule has 1 aromatic heterocycles. The van der Waals surface area contributed by atoms with Crippen LogP contribution in [0.5, 0.6) is 5.75 Å². The highest BCUT2D eigenvalue weighted by atomic mass is 35.5. The molecule has 0 spiro atoms. The van der Waals surface area contributed by atoms with E-state index in [1.54, 1.807) is 17.9 Å². The van der Waals surface area contributed by atoms with Crippen molar-refractivity contribution in [1.29, 1.82) is 0 Å². The Morgan fingerprint density at radius 2 is 2.00 bits per heavy atom. The lowest BCUT2D eigenvalue weighted by atomic mass is 9.95. The van der Waals surface area contributed by atoms with Crippen molar-refractivity contribution in [3.05, 3.63) is 71.4 Å². The van der Waals surface area contributed by atoms with Crippen molar-refractivity contribution in [2.75, 3.05) is 17.3 Å². The molecule has 5 rings (SSSR count). The van der Waals surface area contributed by atoms with Crippen LogP contribution in [0.1, 0.15) is 34.5 Å². The molecule has 2 heterocycles. The van der Waals surface area contributed by atoms with Crippen molar-refractivity contribution in [2.24, 2.45) is 0 Å². The third kappa shape index (κ3) is 2.82. The van der Waals surface area contributed by atoms with Gasteiger partial charge < -0.3 is 15.0 Å². The average Bonchev–Trinajstić information content (AvgIpc) is 3.35. The zero-order chi connectivity index (χ0) is 20.8. The van der Waals surface area contributed by atoms with Gasteiger partial charge in [0.25, 0.3) is 5.91 Å². The minimum atomic E-state index is -0.141. The number of nitrogens with one attached hydrogen (secondary N) is 1. The fourth-order valence-electron chi connectivity index (χ4n) is 4.36. The van der Waals surface area contributed by atoms with Crippen LogP contribution in [0, 0.1) is 11.8 Å². The molecular weight excluding hydrogens is 396 g/mol. The van der Waals surface area contributed by atoms with Gasteiger partial charge in [-0.15, -0.1) is 17.5 Å². The Morgan fingerprint density at radius 1 is 1.20 bits per heavy atom. The first kappa shape index (κ1) is 18.6. The highest BCUT2D eigenvalue weighted by Crippen LogP contribution is 2.45. The summed E-state index contributed by atoms with van der Waals surface area (Å²) >= 11 is 6.28. The predicted molar refractivity (Wildman–Crippen MR) is 122 cm³/mol. The second kappa shape index (κ2) is 7.12. The molecule has 0 fully saturated rings. The zero-order valence-corrected chi connectivity index (χ0v) is 17.1. The van der Waals surface area contributed by atoms with Crippen LogP contribution in [0.4, 0.5) is 5.69 Å². The Kier molecular flexibility index (Phi) is 4.42. The molecule has 2 N–H and O–H groups in total. The molecule has 0 bridgehead atoms.